The van der Waals surface area contributed by atoms with Gasteiger partial charge in [-0.3, -0.25) is 4.90 Å². The van der Waals surface area contributed by atoms with E-state index in [1.165, 1.54) is 0 Å². The summed E-state index contributed by atoms with van der Waals surface area (Å²) >= 11 is 0. The first-order valence-electron chi connectivity index (χ1n) is 7.39. The molecule has 0 amide bonds. The van der Waals surface area contributed by atoms with Crippen LogP contribution in [0.15, 0.2) is 35.2 Å². The summed E-state index contributed by atoms with van der Waals surface area (Å²) < 4.78 is 27.0. The quantitative estimate of drug-likeness (QED) is 0.881. The van der Waals surface area contributed by atoms with Crippen LogP contribution in [0.4, 0.5) is 0 Å². The lowest BCUT2D eigenvalue weighted by molar-refractivity contribution is 0.0619. The molecule has 0 radical (unpaired) electrons. The molecule has 21 heavy (non-hydrogen) atoms. The van der Waals surface area contributed by atoms with E-state index in [2.05, 4.69) is 35.4 Å². The largest absolute Gasteiger partial charge is 0.301 e. The zero-order chi connectivity index (χ0) is 15.5. The molecule has 0 spiro atoms. The summed E-state index contributed by atoms with van der Waals surface area (Å²) in [5, 5.41) is 0. The third-order valence-corrected chi connectivity index (χ3v) is 5.65. The Morgan fingerprint density at radius 3 is 2.48 bits per heavy atom. The molecule has 1 N–H and O–H groups in total. The van der Waals surface area contributed by atoms with E-state index in [4.69, 9.17) is 0 Å². The second kappa shape index (κ2) is 6.87. The van der Waals surface area contributed by atoms with Gasteiger partial charge in [-0.15, -0.1) is 0 Å². The molecular weight excluding hydrogens is 286 g/mol. The van der Waals surface area contributed by atoms with Crippen molar-refractivity contribution in [3.63, 3.8) is 0 Å². The fourth-order valence-corrected chi connectivity index (χ4v) is 3.73. The van der Waals surface area contributed by atoms with Crippen LogP contribution in [-0.4, -0.2) is 63.5 Å². The predicted molar refractivity (Wildman–Crippen MR) is 84.8 cm³/mol. The Hall–Kier alpha value is -0.950. The highest BCUT2D eigenvalue weighted by Crippen LogP contribution is 2.13. The molecule has 2 atom stereocenters. The van der Waals surface area contributed by atoms with E-state index in [-0.39, 0.29) is 0 Å². The Morgan fingerprint density at radius 1 is 1.14 bits per heavy atom. The van der Waals surface area contributed by atoms with Crippen LogP contribution in [0.2, 0.25) is 0 Å². The maximum atomic E-state index is 12.1. The molecule has 1 aromatic carbocycles. The van der Waals surface area contributed by atoms with Gasteiger partial charge in [0, 0.05) is 38.3 Å². The zero-order valence-electron chi connectivity index (χ0n) is 13.0. The molecule has 0 bridgehead atoms. The maximum Gasteiger partial charge on any atom is 0.240 e. The highest BCUT2D eigenvalue weighted by Gasteiger charge is 2.26. The first-order chi connectivity index (χ1) is 9.90. The van der Waals surface area contributed by atoms with Crippen molar-refractivity contribution in [2.75, 3.05) is 33.2 Å². The minimum atomic E-state index is -3.39. The van der Waals surface area contributed by atoms with Gasteiger partial charge in [0.1, 0.15) is 0 Å². The molecule has 2 rings (SSSR count). The minimum absolute atomic E-state index is 0.324. The van der Waals surface area contributed by atoms with Crippen LogP contribution in [0.25, 0.3) is 0 Å². The van der Waals surface area contributed by atoms with Gasteiger partial charge >= 0.3 is 0 Å². The van der Waals surface area contributed by atoms with E-state index >= 15 is 0 Å². The van der Waals surface area contributed by atoms with Gasteiger partial charge in [-0.2, -0.15) is 0 Å². The number of nitrogens with one attached hydrogen (secondary N) is 1. The van der Waals surface area contributed by atoms with Gasteiger partial charge in [0.15, 0.2) is 0 Å². The number of likely N-dealkylation sites (N-methyl/N-ethyl adjacent to an activating group) is 1. The number of hydrogen-bond donors (Lipinski definition) is 1. The second-order valence-electron chi connectivity index (χ2n) is 5.84. The van der Waals surface area contributed by atoms with E-state index in [0.29, 0.717) is 23.5 Å². The maximum absolute atomic E-state index is 12.1. The summed E-state index contributed by atoms with van der Waals surface area (Å²) in [5.41, 5.74) is 0. The average Bonchev–Trinajstić information content (AvgIpc) is 2.45. The molecule has 5 nitrogen and oxygen atoms in total. The van der Waals surface area contributed by atoms with Gasteiger partial charge in [-0.1, -0.05) is 18.2 Å². The Morgan fingerprint density at radius 2 is 1.81 bits per heavy atom. The molecule has 1 aromatic rings. The van der Waals surface area contributed by atoms with E-state index in [9.17, 15) is 8.42 Å². The van der Waals surface area contributed by atoms with Crippen molar-refractivity contribution < 1.29 is 8.42 Å². The molecule has 0 aromatic heterocycles. The topological polar surface area (TPSA) is 52.7 Å². The van der Waals surface area contributed by atoms with Crippen molar-refractivity contribution >= 4 is 10.0 Å². The first kappa shape index (κ1) is 16.4. The Balaban J connectivity index is 1.87. The van der Waals surface area contributed by atoms with E-state index in [1.54, 1.807) is 24.3 Å². The first-order valence-corrected chi connectivity index (χ1v) is 8.87. The van der Waals surface area contributed by atoms with Crippen LogP contribution >= 0.6 is 0 Å². The summed E-state index contributed by atoms with van der Waals surface area (Å²) in [6.07, 6.45) is 0. The van der Waals surface area contributed by atoms with Crippen molar-refractivity contribution in [2.24, 2.45) is 0 Å². The normalized spacial score (nSPS) is 25.1. The van der Waals surface area contributed by atoms with Crippen LogP contribution in [0.5, 0.6) is 0 Å². The summed E-state index contributed by atoms with van der Waals surface area (Å²) in [6.45, 7) is 7.57. The summed E-state index contributed by atoms with van der Waals surface area (Å²) in [6, 6.07) is 9.47. The van der Waals surface area contributed by atoms with Crippen LogP contribution in [-0.2, 0) is 10.0 Å². The summed E-state index contributed by atoms with van der Waals surface area (Å²) in [7, 11) is -1.25. The highest BCUT2D eigenvalue weighted by atomic mass is 32.2. The number of rotatable bonds is 5. The summed E-state index contributed by atoms with van der Waals surface area (Å²) in [5.74, 6) is 0. The van der Waals surface area contributed by atoms with Crippen molar-refractivity contribution in [2.45, 2.75) is 30.8 Å². The van der Waals surface area contributed by atoms with E-state index in [0.717, 1.165) is 19.6 Å². The lowest BCUT2D eigenvalue weighted by Gasteiger charge is -2.42. The average molecular weight is 311 g/mol. The van der Waals surface area contributed by atoms with Crippen LogP contribution in [0.1, 0.15) is 13.8 Å². The molecule has 1 fully saturated rings. The van der Waals surface area contributed by atoms with Gasteiger partial charge in [-0.05, 0) is 33.0 Å². The highest BCUT2D eigenvalue weighted by molar-refractivity contribution is 7.89. The lowest BCUT2D eigenvalue weighted by atomic mass is 10.1. The SMILES string of the molecule is C[C@@H]1CN(CCNS(=O)(=O)c2ccccc2)[C@H](C)CN1C. The Labute approximate surface area is 128 Å². The van der Waals surface area contributed by atoms with Gasteiger partial charge < -0.3 is 4.90 Å². The van der Waals surface area contributed by atoms with E-state index in [1.807, 2.05) is 6.07 Å². The zero-order valence-corrected chi connectivity index (χ0v) is 13.8. The fraction of sp³-hybridized carbons (Fsp3) is 0.600. The van der Waals surface area contributed by atoms with Gasteiger partial charge in [0.05, 0.1) is 4.90 Å². The van der Waals surface area contributed by atoms with Crippen molar-refractivity contribution in [1.82, 2.24) is 14.5 Å². The van der Waals surface area contributed by atoms with Crippen molar-refractivity contribution in [3.05, 3.63) is 30.3 Å². The third kappa shape index (κ3) is 4.26. The van der Waals surface area contributed by atoms with Crippen molar-refractivity contribution in [3.8, 4) is 0 Å². The van der Waals surface area contributed by atoms with E-state index < -0.39 is 10.0 Å². The number of nitrogens with zero attached hydrogens (tertiary/aromatic N) is 2. The predicted octanol–water partition coefficient (Wildman–Crippen LogP) is 0.989. The molecule has 1 heterocycles. The van der Waals surface area contributed by atoms with Crippen LogP contribution in [0, 0.1) is 0 Å². The van der Waals surface area contributed by atoms with Gasteiger partial charge in [0.2, 0.25) is 10.0 Å². The molecular formula is C15H25N3O2S. The monoisotopic (exact) mass is 311 g/mol. The minimum Gasteiger partial charge on any atom is -0.301 e. The van der Waals surface area contributed by atoms with Gasteiger partial charge in [0.25, 0.3) is 0 Å². The number of hydrogen-bond acceptors (Lipinski definition) is 4. The molecule has 0 saturated carbocycles. The van der Waals surface area contributed by atoms with Crippen LogP contribution < -0.4 is 4.72 Å². The Kier molecular flexibility index (Phi) is 5.37. The molecule has 1 aliphatic heterocycles. The lowest BCUT2D eigenvalue weighted by Crippen LogP contribution is -2.56. The van der Waals surface area contributed by atoms with Crippen LogP contribution in [0.3, 0.4) is 0 Å². The second-order valence-corrected chi connectivity index (χ2v) is 7.61. The fourth-order valence-electron chi connectivity index (χ4n) is 2.69. The smallest absolute Gasteiger partial charge is 0.240 e. The summed E-state index contributed by atoms with van der Waals surface area (Å²) in [4.78, 5) is 5.01. The Bertz CT molecular complexity index is 547. The molecule has 118 valence electrons. The molecule has 1 saturated heterocycles. The third-order valence-electron chi connectivity index (χ3n) is 4.17. The number of sulfonamides is 1. The molecule has 6 heteroatoms. The number of benzene rings is 1. The molecule has 0 aliphatic carbocycles. The molecule has 0 unspecified atom stereocenters. The standard InChI is InChI=1S/C15H25N3O2S/c1-13-12-18(14(2)11-17(13)3)10-9-16-21(19,20)15-7-5-4-6-8-15/h4-8,13-14,16H,9-12H2,1-3H3/t13-,14-/m1/s1. The van der Waals surface area contributed by atoms with Crippen molar-refractivity contribution in [1.29, 1.82) is 0 Å². The number of piperazine rings is 1. The van der Waals surface area contributed by atoms with Gasteiger partial charge in [-0.25, -0.2) is 13.1 Å². The molecule has 1 aliphatic rings.